The zero-order valence-corrected chi connectivity index (χ0v) is 20.5. The van der Waals surface area contributed by atoms with Crippen molar-refractivity contribution in [3.8, 4) is 0 Å². The number of fused-ring (bicyclic) bond motifs is 5. The maximum Gasteiger partial charge on any atom is 0.303 e. The third kappa shape index (κ3) is 3.03. The molecule has 0 aromatic heterocycles. The number of allylic oxidation sites excluding steroid dienone is 4. The minimum Gasteiger partial charge on any atom is -0.458 e. The number of hydrogen-bond donors (Lipinski definition) is 1. The highest BCUT2D eigenvalue weighted by Gasteiger charge is 2.78. The fraction of sp³-hybridized carbons (Fsp3) is 0.680. The highest BCUT2D eigenvalue weighted by Crippen LogP contribution is 2.70. The fourth-order valence-corrected chi connectivity index (χ4v) is 7.78. The molecule has 0 radical (unpaired) electrons. The molecule has 1 N–H and O–H groups in total. The maximum absolute atomic E-state index is 17.3. The lowest BCUT2D eigenvalue weighted by Gasteiger charge is -2.62. The first-order valence-corrected chi connectivity index (χ1v) is 12.1. The summed E-state index contributed by atoms with van der Waals surface area (Å²) in [5, 5.41) is 11.4. The summed E-state index contributed by atoms with van der Waals surface area (Å²) in [6.07, 6.45) is 2.19. The number of carbonyl (C=O) groups excluding carboxylic acids is 4. The van der Waals surface area contributed by atoms with Gasteiger partial charge in [-0.2, -0.15) is 0 Å². The van der Waals surface area contributed by atoms with Crippen LogP contribution in [-0.4, -0.2) is 58.0 Å². The summed E-state index contributed by atoms with van der Waals surface area (Å²) >= 11 is 5.96. The smallest absolute Gasteiger partial charge is 0.303 e. The molecule has 0 aromatic rings. The van der Waals surface area contributed by atoms with E-state index in [9.17, 15) is 24.3 Å². The monoisotopic (exact) mass is 496 g/mol. The lowest BCUT2D eigenvalue weighted by atomic mass is 9.44. The molecule has 0 unspecified atom stereocenters. The number of Topliss-reactive ketones (excluding diaryl/α,β-unsaturated/α-hetero) is 1. The van der Waals surface area contributed by atoms with Crippen molar-refractivity contribution in [1.29, 1.82) is 0 Å². The quantitative estimate of drug-likeness (QED) is 0.471. The molecule has 9 heteroatoms. The molecule has 34 heavy (non-hydrogen) atoms. The molecule has 3 fully saturated rings. The lowest BCUT2D eigenvalue weighted by molar-refractivity contribution is -0.231. The van der Waals surface area contributed by atoms with Crippen molar-refractivity contribution < 1.29 is 38.1 Å². The second kappa shape index (κ2) is 7.98. The van der Waals surface area contributed by atoms with E-state index in [0.717, 1.165) is 6.92 Å². The zero-order valence-electron chi connectivity index (χ0n) is 19.7. The number of esters is 2. The van der Waals surface area contributed by atoms with Crippen molar-refractivity contribution in [2.24, 2.45) is 22.7 Å². The fourth-order valence-electron chi connectivity index (χ4n) is 7.58. The Bertz CT molecular complexity index is 1020. The molecule has 4 rings (SSSR count). The van der Waals surface area contributed by atoms with Crippen LogP contribution in [0.4, 0.5) is 4.39 Å². The summed E-state index contributed by atoms with van der Waals surface area (Å²) in [7, 11) is 0. The van der Waals surface area contributed by atoms with Crippen molar-refractivity contribution in [2.75, 3.05) is 5.88 Å². The van der Waals surface area contributed by atoms with Crippen LogP contribution in [0, 0.1) is 22.7 Å². The molecule has 0 aliphatic heterocycles. The molecule has 3 saturated carbocycles. The molecule has 0 heterocycles. The molecule has 8 atom stereocenters. The van der Waals surface area contributed by atoms with Gasteiger partial charge in [0.25, 0.3) is 0 Å². The molecular formula is C25H30ClFO7. The van der Waals surface area contributed by atoms with Crippen LogP contribution in [0.3, 0.4) is 0 Å². The Kier molecular flexibility index (Phi) is 5.88. The Morgan fingerprint density at radius 3 is 2.47 bits per heavy atom. The second-order valence-electron chi connectivity index (χ2n) is 10.5. The van der Waals surface area contributed by atoms with E-state index in [1.54, 1.807) is 13.8 Å². The number of hydrogen-bond acceptors (Lipinski definition) is 7. The first kappa shape index (κ1) is 25.0. The standard InChI is InChI=1S/C25H30ClFO7/c1-13(28)33-21-10-18-17-6-5-15-9-16(30)7-8-22(15,3)24(17,27)19(31)11-23(18,4)25(21,20(32)12-26)34-14(2)29/h7-9,17-19,21,31H,5-6,10-12H2,1-4H3/t17-,18-,19-,21+,22-,23-,24-,25+/m0/s1. The average Bonchev–Trinajstić information content (AvgIpc) is 2.97. The number of rotatable bonds is 4. The van der Waals surface area contributed by atoms with E-state index in [1.165, 1.54) is 25.2 Å². The molecule has 0 bridgehead atoms. The van der Waals surface area contributed by atoms with Gasteiger partial charge in [0.2, 0.25) is 5.60 Å². The van der Waals surface area contributed by atoms with E-state index in [-0.39, 0.29) is 18.6 Å². The molecule has 4 aliphatic carbocycles. The normalized spacial score (nSPS) is 44.9. The first-order valence-electron chi connectivity index (χ1n) is 11.5. The van der Waals surface area contributed by atoms with E-state index in [4.69, 9.17) is 21.1 Å². The van der Waals surface area contributed by atoms with Crippen molar-refractivity contribution in [3.05, 3.63) is 23.8 Å². The summed E-state index contributed by atoms with van der Waals surface area (Å²) in [4.78, 5) is 49.6. The van der Waals surface area contributed by atoms with E-state index in [0.29, 0.717) is 18.4 Å². The van der Waals surface area contributed by atoms with Gasteiger partial charge < -0.3 is 14.6 Å². The Morgan fingerprint density at radius 2 is 1.88 bits per heavy atom. The molecule has 7 nitrogen and oxygen atoms in total. The van der Waals surface area contributed by atoms with Gasteiger partial charge in [-0.15, -0.1) is 11.6 Å². The predicted octanol–water partition coefficient (Wildman–Crippen LogP) is 3.01. The summed E-state index contributed by atoms with van der Waals surface area (Å²) in [5.74, 6) is -4.14. The van der Waals surface area contributed by atoms with Crippen LogP contribution in [0.5, 0.6) is 0 Å². The summed E-state index contributed by atoms with van der Waals surface area (Å²) in [6.45, 7) is 5.70. The molecule has 4 aliphatic rings. The van der Waals surface area contributed by atoms with Gasteiger partial charge in [0.15, 0.2) is 17.2 Å². The Balaban J connectivity index is 1.90. The molecule has 0 spiro atoms. The van der Waals surface area contributed by atoms with E-state index in [2.05, 4.69) is 0 Å². The summed E-state index contributed by atoms with van der Waals surface area (Å²) < 4.78 is 28.5. The van der Waals surface area contributed by atoms with Crippen LogP contribution in [0.1, 0.15) is 53.4 Å². The van der Waals surface area contributed by atoms with Gasteiger partial charge in [-0.3, -0.25) is 19.2 Å². The Hall–Kier alpha value is -2.06. The Morgan fingerprint density at radius 1 is 1.21 bits per heavy atom. The lowest BCUT2D eigenvalue weighted by Crippen LogP contribution is -2.70. The van der Waals surface area contributed by atoms with Crippen LogP contribution in [0.25, 0.3) is 0 Å². The minimum atomic E-state index is -2.14. The van der Waals surface area contributed by atoms with Gasteiger partial charge in [0.05, 0.1) is 12.0 Å². The number of ketones is 2. The number of carbonyl (C=O) groups is 4. The Labute approximate surface area is 202 Å². The van der Waals surface area contributed by atoms with Crippen LogP contribution in [-0.2, 0) is 28.7 Å². The molecular weight excluding hydrogens is 467 g/mol. The second-order valence-corrected chi connectivity index (χ2v) is 10.8. The molecule has 186 valence electrons. The van der Waals surface area contributed by atoms with Gasteiger partial charge in [-0.05, 0) is 50.7 Å². The highest BCUT2D eigenvalue weighted by molar-refractivity contribution is 6.29. The van der Waals surface area contributed by atoms with Gasteiger partial charge >= 0.3 is 11.9 Å². The van der Waals surface area contributed by atoms with Crippen LogP contribution in [0.2, 0.25) is 0 Å². The van der Waals surface area contributed by atoms with Crippen LogP contribution < -0.4 is 0 Å². The van der Waals surface area contributed by atoms with Gasteiger partial charge in [0, 0.05) is 30.6 Å². The van der Waals surface area contributed by atoms with Gasteiger partial charge in [0.1, 0.15) is 6.10 Å². The van der Waals surface area contributed by atoms with Gasteiger partial charge in [-0.1, -0.05) is 18.6 Å². The third-order valence-electron chi connectivity index (χ3n) is 8.95. The highest BCUT2D eigenvalue weighted by atomic mass is 35.5. The van der Waals surface area contributed by atoms with Crippen molar-refractivity contribution >= 4 is 35.1 Å². The van der Waals surface area contributed by atoms with E-state index < -0.39 is 69.7 Å². The number of aliphatic hydroxyl groups excluding tert-OH is 1. The van der Waals surface area contributed by atoms with E-state index in [1.807, 2.05) is 0 Å². The number of alkyl halides is 2. The number of ether oxygens (including phenoxy) is 2. The topological polar surface area (TPSA) is 107 Å². The molecule has 0 saturated heterocycles. The van der Waals surface area contributed by atoms with Gasteiger partial charge in [-0.25, -0.2) is 4.39 Å². The minimum absolute atomic E-state index is 0.0762. The number of aliphatic hydroxyl groups is 1. The first-order chi connectivity index (χ1) is 15.8. The third-order valence-corrected chi connectivity index (χ3v) is 9.19. The number of halogens is 2. The van der Waals surface area contributed by atoms with Crippen molar-refractivity contribution in [2.45, 2.75) is 76.9 Å². The predicted molar refractivity (Wildman–Crippen MR) is 120 cm³/mol. The van der Waals surface area contributed by atoms with Crippen molar-refractivity contribution in [1.82, 2.24) is 0 Å². The van der Waals surface area contributed by atoms with E-state index >= 15 is 4.39 Å². The summed E-state index contributed by atoms with van der Waals surface area (Å²) in [6, 6.07) is 0. The zero-order chi connectivity index (χ0) is 25.3. The van der Waals surface area contributed by atoms with Crippen LogP contribution >= 0.6 is 11.6 Å². The molecule has 0 aromatic carbocycles. The van der Waals surface area contributed by atoms with Crippen molar-refractivity contribution in [3.63, 3.8) is 0 Å². The SMILES string of the molecule is CC(=O)O[C@@H]1C[C@H]2[C@@H]3CCC4=CC(=O)C=C[C@]4(C)[C@@]3(F)[C@@H](O)C[C@]2(C)[C@@]1(OC(C)=O)C(=O)CCl. The molecule has 0 amide bonds. The maximum atomic E-state index is 17.3. The average molecular weight is 497 g/mol. The van der Waals surface area contributed by atoms with Crippen LogP contribution in [0.15, 0.2) is 23.8 Å². The summed E-state index contributed by atoms with van der Waals surface area (Å²) in [5.41, 5.74) is -5.93. The largest absolute Gasteiger partial charge is 0.458 e.